The zero-order chi connectivity index (χ0) is 40.1. The summed E-state index contributed by atoms with van der Waals surface area (Å²) >= 11 is 0. The van der Waals surface area contributed by atoms with Crippen molar-refractivity contribution in [2.75, 3.05) is 20.3 Å². The zero-order valence-corrected chi connectivity index (χ0v) is 35.1. The highest BCUT2D eigenvalue weighted by molar-refractivity contribution is 5.75. The Morgan fingerprint density at radius 3 is 2.54 bits per heavy atom. The van der Waals surface area contributed by atoms with Gasteiger partial charge in [0.15, 0.2) is 5.82 Å². The van der Waals surface area contributed by atoms with Gasteiger partial charge in [0.2, 0.25) is 0 Å². The summed E-state index contributed by atoms with van der Waals surface area (Å²) in [5, 5.41) is 17.3. The summed E-state index contributed by atoms with van der Waals surface area (Å²) in [6.45, 7) is 17.9. The number of fused-ring (bicyclic) bond motifs is 4. The second kappa shape index (κ2) is 13.5. The van der Waals surface area contributed by atoms with E-state index >= 15 is 0 Å². The molecule has 9 rings (SSSR count). The van der Waals surface area contributed by atoms with Gasteiger partial charge in [-0.05, 0) is 108 Å². The lowest BCUT2D eigenvalue weighted by Crippen LogP contribution is -2.68. The Bertz CT molecular complexity index is 2190. The molecule has 1 aliphatic heterocycles. The van der Waals surface area contributed by atoms with Crippen LogP contribution >= 0.6 is 0 Å². The highest BCUT2D eigenvalue weighted by Gasteiger charge is 2.72. The molecule has 304 valence electrons. The molecule has 4 fully saturated rings. The van der Waals surface area contributed by atoms with Gasteiger partial charge in [-0.3, -0.25) is 4.79 Å². The van der Waals surface area contributed by atoms with Gasteiger partial charge in [-0.1, -0.05) is 72.2 Å². The number of aromatic nitrogens is 5. The molecule has 1 N–H and O–H groups in total. The van der Waals surface area contributed by atoms with Crippen LogP contribution in [0.2, 0.25) is 0 Å². The molecule has 5 aliphatic rings. The molecular formula is C47H61N5O5. The predicted molar refractivity (Wildman–Crippen MR) is 218 cm³/mol. The lowest BCUT2D eigenvalue weighted by Gasteiger charge is -2.71. The quantitative estimate of drug-likeness (QED) is 0.140. The molecule has 1 saturated heterocycles. The third-order valence-electron chi connectivity index (χ3n) is 17.2. The third kappa shape index (κ3) is 5.48. The van der Waals surface area contributed by atoms with E-state index in [2.05, 4.69) is 65.6 Å². The van der Waals surface area contributed by atoms with Gasteiger partial charge in [0.1, 0.15) is 24.3 Å². The highest BCUT2D eigenvalue weighted by atomic mass is 16.5. The number of allylic oxidation sites excluding steroid dienone is 1. The maximum Gasteiger partial charge on any atom is 0.310 e. The van der Waals surface area contributed by atoms with E-state index in [1.54, 1.807) is 19.6 Å². The normalized spacial score (nSPS) is 37.8. The molecular weight excluding hydrogens is 715 g/mol. The van der Waals surface area contributed by atoms with Crippen LogP contribution in [0.3, 0.4) is 0 Å². The van der Waals surface area contributed by atoms with Gasteiger partial charge in [0, 0.05) is 35.0 Å². The first-order valence-electron chi connectivity index (χ1n) is 21.3. The average Bonchev–Trinajstić information content (AvgIpc) is 3.89. The molecule has 10 heteroatoms. The fourth-order valence-electron chi connectivity index (χ4n) is 13.5. The van der Waals surface area contributed by atoms with E-state index in [0.717, 1.165) is 66.9 Å². The SMILES string of the molecule is COc1ccc(COC(=O)[C@@H]2[C@@](C)([C@H](C)C(C)C)CC[C@]3(C)[C@H]4CC[C@H]5C6(C)COC[C@@]5(C[C@@H](n5ncnc5-c5ccn7ccnc7c5)[C@@H]6O)C4=CC[C@@]23C)cc1. The number of carbonyl (C=O) groups excluding carboxylic acids is 1. The fraction of sp³-hybridized carbons (Fsp3) is 0.617. The first-order chi connectivity index (χ1) is 27.2. The van der Waals surface area contributed by atoms with E-state index in [1.807, 2.05) is 51.8 Å². The van der Waals surface area contributed by atoms with Gasteiger partial charge in [-0.2, -0.15) is 5.10 Å². The number of methoxy groups -OCH3 is 1. The topological polar surface area (TPSA) is 113 Å². The summed E-state index contributed by atoms with van der Waals surface area (Å²) in [4.78, 5) is 24.2. The summed E-state index contributed by atoms with van der Waals surface area (Å²) in [6.07, 6.45) is 14.8. The van der Waals surface area contributed by atoms with Gasteiger partial charge in [-0.25, -0.2) is 14.6 Å². The minimum absolute atomic E-state index is 0.0698. The smallest absolute Gasteiger partial charge is 0.310 e. The van der Waals surface area contributed by atoms with Crippen LogP contribution in [0, 0.1) is 56.7 Å². The Morgan fingerprint density at radius 2 is 1.79 bits per heavy atom. The van der Waals surface area contributed by atoms with Gasteiger partial charge in [-0.15, -0.1) is 0 Å². The van der Waals surface area contributed by atoms with Crippen LogP contribution in [0.5, 0.6) is 5.75 Å². The number of nitrogens with zero attached hydrogens (tertiary/aromatic N) is 5. The Kier molecular flexibility index (Phi) is 9.13. The molecule has 1 unspecified atom stereocenters. The predicted octanol–water partition coefficient (Wildman–Crippen LogP) is 8.75. The number of benzene rings is 1. The number of aliphatic hydroxyl groups is 1. The van der Waals surface area contributed by atoms with Crippen LogP contribution in [0.1, 0.15) is 98.6 Å². The van der Waals surface area contributed by atoms with Crippen LogP contribution in [0.25, 0.3) is 17.0 Å². The lowest BCUT2D eigenvalue weighted by atomic mass is 9.34. The number of hydrogen-bond acceptors (Lipinski definition) is 8. The molecule has 3 aromatic heterocycles. The minimum atomic E-state index is -0.661. The molecule has 11 atom stereocenters. The number of pyridine rings is 1. The lowest BCUT2D eigenvalue weighted by molar-refractivity contribution is -0.241. The molecule has 1 aromatic carbocycles. The number of rotatable bonds is 8. The Morgan fingerprint density at radius 1 is 1.00 bits per heavy atom. The third-order valence-corrected chi connectivity index (χ3v) is 17.2. The highest BCUT2D eigenvalue weighted by Crippen LogP contribution is 2.75. The monoisotopic (exact) mass is 775 g/mol. The van der Waals surface area contributed by atoms with Crippen LogP contribution < -0.4 is 4.74 Å². The minimum Gasteiger partial charge on any atom is -0.497 e. The van der Waals surface area contributed by atoms with Crippen molar-refractivity contribution in [1.29, 1.82) is 0 Å². The van der Waals surface area contributed by atoms with Crippen molar-refractivity contribution in [2.24, 2.45) is 56.7 Å². The molecule has 0 radical (unpaired) electrons. The Labute approximate surface area is 337 Å². The number of esters is 1. The summed E-state index contributed by atoms with van der Waals surface area (Å²) in [6, 6.07) is 11.6. The fourth-order valence-corrected chi connectivity index (χ4v) is 13.5. The van der Waals surface area contributed by atoms with Gasteiger partial charge < -0.3 is 23.7 Å². The van der Waals surface area contributed by atoms with Crippen molar-refractivity contribution in [3.05, 3.63) is 78.5 Å². The number of carbonyl (C=O) groups is 1. The van der Waals surface area contributed by atoms with Crippen LogP contribution in [0.4, 0.5) is 0 Å². The van der Waals surface area contributed by atoms with Crippen molar-refractivity contribution < 1.29 is 24.1 Å². The maximum absolute atomic E-state index is 14.9. The van der Waals surface area contributed by atoms with E-state index in [-0.39, 0.29) is 58.0 Å². The van der Waals surface area contributed by atoms with Crippen LogP contribution in [-0.4, -0.2) is 61.7 Å². The molecule has 3 saturated carbocycles. The van der Waals surface area contributed by atoms with Crippen molar-refractivity contribution >= 4 is 11.6 Å². The molecule has 57 heavy (non-hydrogen) atoms. The van der Waals surface area contributed by atoms with Gasteiger partial charge in [0.25, 0.3) is 0 Å². The largest absolute Gasteiger partial charge is 0.497 e. The summed E-state index contributed by atoms with van der Waals surface area (Å²) in [7, 11) is 1.66. The van der Waals surface area contributed by atoms with Crippen LogP contribution in [0.15, 0.2) is 73.0 Å². The first kappa shape index (κ1) is 38.5. The van der Waals surface area contributed by atoms with Crippen molar-refractivity contribution in [1.82, 2.24) is 24.1 Å². The van der Waals surface area contributed by atoms with Gasteiger partial charge >= 0.3 is 5.97 Å². The molecule has 4 heterocycles. The van der Waals surface area contributed by atoms with Crippen LogP contribution in [-0.2, 0) is 20.9 Å². The number of imidazole rings is 1. The Balaban J connectivity index is 1.10. The molecule has 10 nitrogen and oxygen atoms in total. The van der Waals surface area contributed by atoms with Gasteiger partial charge in [0.05, 0.1) is 38.4 Å². The first-order valence-corrected chi connectivity index (χ1v) is 21.3. The van der Waals surface area contributed by atoms with E-state index in [4.69, 9.17) is 24.3 Å². The standard InChI is InChI=1S/C47H61N5O5/c1-29(2)30(3)43(4)18-19-45(6)34-13-14-37-44(5)26-56-27-47(37,24-36(40(44)53)52-41(49-28-50-52)32-16-21-51-22-20-48-38(51)23-32)35(34)15-17-46(45,7)39(43)42(54)57-25-31-9-11-33(55-8)12-10-31/h9-12,15-16,20-23,28-30,34,36-37,39-40,53H,13-14,17-19,24-27H2,1-8H3/t30-,34+,36-,37+,39-,40+,43-,44?,45-,46+,47+/m1/s1. The molecule has 0 amide bonds. The number of ether oxygens (including phenoxy) is 3. The summed E-state index contributed by atoms with van der Waals surface area (Å²) in [5.41, 5.74) is 2.80. The summed E-state index contributed by atoms with van der Waals surface area (Å²) < 4.78 is 22.4. The molecule has 4 aromatic rings. The van der Waals surface area contributed by atoms with E-state index in [0.29, 0.717) is 25.0 Å². The van der Waals surface area contributed by atoms with Crippen molar-refractivity contribution in [2.45, 2.75) is 106 Å². The number of aliphatic hydroxyl groups excluding tert-OH is 1. The molecule has 4 aliphatic carbocycles. The molecule has 0 spiro atoms. The van der Waals surface area contributed by atoms with Crippen molar-refractivity contribution in [3.63, 3.8) is 0 Å². The van der Waals surface area contributed by atoms with E-state index in [1.165, 1.54) is 5.57 Å². The van der Waals surface area contributed by atoms with E-state index in [9.17, 15) is 9.90 Å². The zero-order valence-electron chi connectivity index (χ0n) is 35.1. The maximum atomic E-state index is 14.9. The second-order valence-electron chi connectivity index (χ2n) is 19.8. The average molecular weight is 776 g/mol. The molecule has 2 bridgehead atoms. The summed E-state index contributed by atoms with van der Waals surface area (Å²) in [5.74, 6) is 2.50. The number of hydrogen-bond donors (Lipinski definition) is 1. The van der Waals surface area contributed by atoms with E-state index < -0.39 is 11.5 Å². The second-order valence-corrected chi connectivity index (χ2v) is 19.8. The van der Waals surface area contributed by atoms with Crippen molar-refractivity contribution in [3.8, 4) is 17.1 Å². The Hall–Kier alpha value is -4.02.